The van der Waals surface area contributed by atoms with Crippen molar-refractivity contribution in [3.63, 3.8) is 0 Å². The number of phenolic OH excluding ortho intramolecular Hbond substituents is 1. The van der Waals surface area contributed by atoms with E-state index in [-0.39, 0.29) is 10.6 Å². The minimum Gasteiger partial charge on any atom is -0.502 e. The number of rotatable bonds is 6. The molecule has 0 aliphatic heterocycles. The normalized spacial score (nSPS) is 12.5. The number of phenols is 1. The summed E-state index contributed by atoms with van der Waals surface area (Å²) in [6, 6.07) is 15.8. The summed E-state index contributed by atoms with van der Waals surface area (Å²) in [5.41, 5.74) is 3.85. The summed E-state index contributed by atoms with van der Waals surface area (Å²) < 4.78 is 5.90. The van der Waals surface area contributed by atoms with Crippen molar-refractivity contribution >= 4 is 40.3 Å². The first kappa shape index (κ1) is 21.5. The Morgan fingerprint density at radius 1 is 1.22 bits per heavy atom. The van der Waals surface area contributed by atoms with Gasteiger partial charge in [0, 0.05) is 28.4 Å². The Kier molecular flexibility index (Phi) is 5.92. The molecule has 1 N–H and O–H groups in total. The van der Waals surface area contributed by atoms with E-state index in [1.807, 2.05) is 18.2 Å². The number of nitro benzene ring substituents is 1. The van der Waals surface area contributed by atoms with Crippen LogP contribution in [0.1, 0.15) is 37.3 Å². The summed E-state index contributed by atoms with van der Waals surface area (Å²) in [7, 11) is 0. The molecular weight excluding hydrogens is 430 g/mol. The second-order valence-corrected chi connectivity index (χ2v) is 7.92. The number of nitrogens with zero attached hydrogens (tertiary/aromatic N) is 3. The van der Waals surface area contributed by atoms with Crippen molar-refractivity contribution in [1.82, 2.24) is 4.98 Å². The molecule has 8 heteroatoms. The number of aliphatic imine (C=N–C) groups is 1. The molecule has 1 aromatic heterocycles. The van der Waals surface area contributed by atoms with Crippen molar-refractivity contribution in [2.75, 3.05) is 0 Å². The van der Waals surface area contributed by atoms with Gasteiger partial charge >= 0.3 is 5.69 Å². The summed E-state index contributed by atoms with van der Waals surface area (Å²) in [6.07, 6.45) is 2.39. The quantitative estimate of drug-likeness (QED) is 0.193. The molecule has 32 heavy (non-hydrogen) atoms. The number of halogens is 1. The van der Waals surface area contributed by atoms with E-state index >= 15 is 0 Å². The number of benzene rings is 3. The van der Waals surface area contributed by atoms with Crippen LogP contribution in [0.25, 0.3) is 22.6 Å². The van der Waals surface area contributed by atoms with Crippen LogP contribution in [-0.4, -0.2) is 21.2 Å². The number of hydrogen-bond acceptors (Lipinski definition) is 6. The molecule has 0 saturated carbocycles. The Hall–Kier alpha value is -3.71. The molecular formula is C24H20ClN3O4. The molecule has 1 unspecified atom stereocenters. The van der Waals surface area contributed by atoms with Gasteiger partial charge in [-0.2, -0.15) is 0 Å². The van der Waals surface area contributed by atoms with Crippen molar-refractivity contribution in [3.8, 4) is 17.2 Å². The van der Waals surface area contributed by atoms with Crippen LogP contribution in [0.2, 0.25) is 5.02 Å². The van der Waals surface area contributed by atoms with Crippen LogP contribution >= 0.6 is 11.6 Å². The summed E-state index contributed by atoms with van der Waals surface area (Å²) >= 11 is 5.91. The van der Waals surface area contributed by atoms with E-state index in [1.165, 1.54) is 17.8 Å². The molecule has 1 heterocycles. The Labute approximate surface area is 189 Å². The lowest BCUT2D eigenvalue weighted by molar-refractivity contribution is -0.385. The van der Waals surface area contributed by atoms with Gasteiger partial charge < -0.3 is 9.52 Å². The van der Waals surface area contributed by atoms with Crippen LogP contribution < -0.4 is 0 Å². The van der Waals surface area contributed by atoms with Crippen LogP contribution in [0.4, 0.5) is 11.4 Å². The molecule has 4 rings (SSSR count). The van der Waals surface area contributed by atoms with Crippen LogP contribution in [0.3, 0.4) is 0 Å². The van der Waals surface area contributed by atoms with Crippen molar-refractivity contribution in [2.45, 2.75) is 26.2 Å². The third kappa shape index (κ3) is 4.33. The molecule has 4 aromatic rings. The van der Waals surface area contributed by atoms with Crippen LogP contribution in [-0.2, 0) is 0 Å². The average molecular weight is 450 g/mol. The van der Waals surface area contributed by atoms with Crippen molar-refractivity contribution in [3.05, 3.63) is 80.9 Å². The van der Waals surface area contributed by atoms with E-state index in [1.54, 1.807) is 12.1 Å². The zero-order chi connectivity index (χ0) is 22.8. The summed E-state index contributed by atoms with van der Waals surface area (Å²) in [5, 5.41) is 21.3. The average Bonchev–Trinajstić information content (AvgIpc) is 3.22. The second-order valence-electron chi connectivity index (χ2n) is 7.48. The maximum atomic E-state index is 11.0. The van der Waals surface area contributed by atoms with Gasteiger partial charge in [0.1, 0.15) is 5.52 Å². The van der Waals surface area contributed by atoms with Gasteiger partial charge in [0.25, 0.3) is 0 Å². The molecule has 0 saturated heterocycles. The van der Waals surface area contributed by atoms with Gasteiger partial charge in [0.15, 0.2) is 5.58 Å². The maximum absolute atomic E-state index is 11.0. The van der Waals surface area contributed by atoms with Gasteiger partial charge in [0.05, 0.1) is 10.6 Å². The minimum atomic E-state index is -0.695. The number of oxazole rings is 1. The summed E-state index contributed by atoms with van der Waals surface area (Å²) in [4.78, 5) is 19.2. The molecule has 7 nitrogen and oxygen atoms in total. The number of aromatic nitrogens is 1. The fourth-order valence-electron chi connectivity index (χ4n) is 3.29. The molecule has 162 valence electrons. The van der Waals surface area contributed by atoms with E-state index in [0.29, 0.717) is 17.5 Å². The zero-order valence-electron chi connectivity index (χ0n) is 17.4. The molecule has 0 aliphatic carbocycles. The van der Waals surface area contributed by atoms with E-state index in [4.69, 9.17) is 16.0 Å². The molecule has 0 fully saturated rings. The predicted molar refractivity (Wildman–Crippen MR) is 125 cm³/mol. The monoisotopic (exact) mass is 449 g/mol. The summed E-state index contributed by atoms with van der Waals surface area (Å²) in [6.45, 7) is 4.34. The van der Waals surface area contributed by atoms with Crippen LogP contribution in [0.15, 0.2) is 64.0 Å². The Morgan fingerprint density at radius 3 is 2.66 bits per heavy atom. The Bertz CT molecular complexity index is 1330. The largest absolute Gasteiger partial charge is 0.502 e. The molecule has 0 bridgehead atoms. The standard InChI is InChI=1S/C24H20ClN3O4/c1-3-14(2)16-6-9-22-20(11-16)27-24(32-22)15-4-7-19(8-5-15)26-13-17-10-18(25)12-21(23(17)29)28(30)31/h4-14,29H,3H2,1-2H3. The lowest BCUT2D eigenvalue weighted by Gasteiger charge is -2.07. The first-order valence-electron chi connectivity index (χ1n) is 10.1. The molecule has 1 atom stereocenters. The molecule has 0 aliphatic rings. The highest BCUT2D eigenvalue weighted by Gasteiger charge is 2.17. The Balaban J connectivity index is 1.58. The second kappa shape index (κ2) is 8.80. The van der Waals surface area contributed by atoms with Gasteiger partial charge in [-0.15, -0.1) is 0 Å². The fourth-order valence-corrected chi connectivity index (χ4v) is 3.51. The number of nitro groups is 1. The number of aromatic hydroxyl groups is 1. The first-order valence-corrected chi connectivity index (χ1v) is 10.5. The molecule has 0 radical (unpaired) electrons. The first-order chi connectivity index (χ1) is 15.4. The highest BCUT2D eigenvalue weighted by molar-refractivity contribution is 6.31. The van der Waals surface area contributed by atoms with E-state index in [9.17, 15) is 15.2 Å². The van der Waals surface area contributed by atoms with Gasteiger partial charge in [-0.3, -0.25) is 15.1 Å². The van der Waals surface area contributed by atoms with Crippen LogP contribution in [0.5, 0.6) is 5.75 Å². The summed E-state index contributed by atoms with van der Waals surface area (Å²) in [5.74, 6) is 0.486. The predicted octanol–water partition coefficient (Wildman–Crippen LogP) is 7.03. The zero-order valence-corrected chi connectivity index (χ0v) is 18.2. The third-order valence-electron chi connectivity index (χ3n) is 5.34. The topological polar surface area (TPSA) is 102 Å². The van der Waals surface area contributed by atoms with E-state index in [0.717, 1.165) is 29.2 Å². The SMILES string of the molecule is CCC(C)c1ccc2oc(-c3ccc(N=Cc4cc(Cl)cc([N+](=O)[O-])c4O)cc3)nc2c1. The highest BCUT2D eigenvalue weighted by Crippen LogP contribution is 2.33. The van der Waals surface area contributed by atoms with Crippen molar-refractivity contribution in [2.24, 2.45) is 4.99 Å². The molecule has 0 amide bonds. The maximum Gasteiger partial charge on any atom is 0.312 e. The molecule has 3 aromatic carbocycles. The number of fused-ring (bicyclic) bond motifs is 1. The smallest absolute Gasteiger partial charge is 0.312 e. The van der Waals surface area contributed by atoms with Gasteiger partial charge in [0.2, 0.25) is 11.6 Å². The third-order valence-corrected chi connectivity index (χ3v) is 5.56. The minimum absolute atomic E-state index is 0.138. The van der Waals surface area contributed by atoms with Crippen molar-refractivity contribution in [1.29, 1.82) is 0 Å². The van der Waals surface area contributed by atoms with Crippen LogP contribution in [0, 0.1) is 10.1 Å². The van der Waals surface area contributed by atoms with Gasteiger partial charge in [-0.25, -0.2) is 4.98 Å². The van der Waals surface area contributed by atoms with Gasteiger partial charge in [-0.05, 0) is 60.4 Å². The van der Waals surface area contributed by atoms with Gasteiger partial charge in [-0.1, -0.05) is 31.5 Å². The van der Waals surface area contributed by atoms with Crippen molar-refractivity contribution < 1.29 is 14.4 Å². The fraction of sp³-hybridized carbons (Fsp3) is 0.167. The number of hydrogen-bond donors (Lipinski definition) is 1. The Morgan fingerprint density at radius 2 is 1.97 bits per heavy atom. The van der Waals surface area contributed by atoms with E-state index < -0.39 is 16.4 Å². The lowest BCUT2D eigenvalue weighted by Crippen LogP contribution is -1.92. The molecule has 0 spiro atoms. The van der Waals surface area contributed by atoms with E-state index in [2.05, 4.69) is 36.0 Å². The lowest BCUT2D eigenvalue weighted by atomic mass is 9.98. The highest BCUT2D eigenvalue weighted by atomic mass is 35.5.